The number of rotatable bonds is 3. The average molecular weight is 488 g/mol. The Bertz CT molecular complexity index is 881. The fourth-order valence-corrected chi connectivity index (χ4v) is 4.69. The highest BCUT2D eigenvalue weighted by atomic mass is 79.9. The van der Waals surface area contributed by atoms with Crippen molar-refractivity contribution in [3.63, 3.8) is 0 Å². The van der Waals surface area contributed by atoms with Crippen LogP contribution in [0.2, 0.25) is 0 Å². The highest BCUT2D eigenvalue weighted by molar-refractivity contribution is 9.10. The summed E-state index contributed by atoms with van der Waals surface area (Å²) >= 11 is 7.05. The molecule has 1 heterocycles. The van der Waals surface area contributed by atoms with Crippen molar-refractivity contribution in [3.05, 3.63) is 104 Å². The molecule has 0 saturated carbocycles. The summed E-state index contributed by atoms with van der Waals surface area (Å²) in [6.45, 7) is 0. The Labute approximate surface area is 176 Å². The Morgan fingerprint density at radius 3 is 1.85 bits per heavy atom. The summed E-state index contributed by atoms with van der Waals surface area (Å²) in [5.41, 5.74) is 3.70. The van der Waals surface area contributed by atoms with Gasteiger partial charge in [-0.3, -0.25) is 0 Å². The second-order valence-electron chi connectivity index (χ2n) is 7.17. The molecular formula is C23H22Br2NO+. The number of hydrogen-bond acceptors (Lipinski definition) is 1. The van der Waals surface area contributed by atoms with E-state index in [1.165, 1.54) is 16.7 Å². The fraction of sp³-hybridized carbons (Fsp3) is 0.217. The van der Waals surface area contributed by atoms with Crippen molar-refractivity contribution in [2.75, 3.05) is 0 Å². The van der Waals surface area contributed by atoms with Crippen molar-refractivity contribution in [2.24, 2.45) is 0 Å². The first-order chi connectivity index (χ1) is 13.1. The molecule has 2 nitrogen and oxygen atoms in total. The molecule has 0 bridgehead atoms. The molecule has 0 amide bonds. The van der Waals surface area contributed by atoms with Gasteiger partial charge in [0.05, 0.1) is 12.0 Å². The number of quaternary nitrogens is 1. The van der Waals surface area contributed by atoms with E-state index in [2.05, 4.69) is 110 Å². The molecule has 0 aromatic heterocycles. The lowest BCUT2D eigenvalue weighted by Gasteiger charge is -2.38. The maximum absolute atomic E-state index is 11.2. The molecule has 4 heteroatoms. The summed E-state index contributed by atoms with van der Waals surface area (Å²) in [5, 5.41) is 13.6. The van der Waals surface area contributed by atoms with Crippen LogP contribution in [0.15, 0.2) is 87.8 Å². The van der Waals surface area contributed by atoms with Crippen LogP contribution in [0.25, 0.3) is 0 Å². The van der Waals surface area contributed by atoms with E-state index in [1.54, 1.807) is 0 Å². The summed E-state index contributed by atoms with van der Waals surface area (Å²) in [6.07, 6.45) is 0.355. The molecule has 0 unspecified atom stereocenters. The van der Waals surface area contributed by atoms with Crippen molar-refractivity contribution in [3.8, 4) is 0 Å². The first kappa shape index (κ1) is 18.9. The van der Waals surface area contributed by atoms with E-state index in [9.17, 15) is 5.11 Å². The normalized spacial score (nSPS) is 25.3. The molecule has 4 atom stereocenters. The Morgan fingerprint density at radius 1 is 0.704 bits per heavy atom. The summed E-state index contributed by atoms with van der Waals surface area (Å²) < 4.78 is 2.15. The molecule has 3 aromatic carbocycles. The zero-order valence-electron chi connectivity index (χ0n) is 14.8. The van der Waals surface area contributed by atoms with E-state index < -0.39 is 0 Å². The van der Waals surface area contributed by atoms with Crippen LogP contribution in [0.4, 0.5) is 0 Å². The minimum absolute atomic E-state index is 0.0686. The number of benzene rings is 3. The maximum Gasteiger partial charge on any atom is 0.121 e. The van der Waals surface area contributed by atoms with Crippen LogP contribution in [0.3, 0.4) is 0 Å². The lowest BCUT2D eigenvalue weighted by molar-refractivity contribution is -0.749. The van der Waals surface area contributed by atoms with E-state index >= 15 is 0 Å². The Morgan fingerprint density at radius 2 is 1.26 bits per heavy atom. The van der Waals surface area contributed by atoms with Crippen LogP contribution < -0.4 is 5.32 Å². The molecule has 4 rings (SSSR count). The van der Waals surface area contributed by atoms with E-state index in [0.29, 0.717) is 0 Å². The minimum Gasteiger partial charge on any atom is -0.392 e. The van der Waals surface area contributed by atoms with E-state index in [0.717, 1.165) is 15.4 Å². The quantitative estimate of drug-likeness (QED) is 0.529. The van der Waals surface area contributed by atoms with Gasteiger partial charge < -0.3 is 10.4 Å². The smallest absolute Gasteiger partial charge is 0.121 e. The first-order valence-corrected chi connectivity index (χ1v) is 10.8. The molecule has 0 radical (unpaired) electrons. The number of piperidine rings is 1. The molecule has 27 heavy (non-hydrogen) atoms. The number of halogens is 2. The van der Waals surface area contributed by atoms with Gasteiger partial charge in [-0.25, -0.2) is 0 Å². The standard InChI is InChI=1S/C23H21Br2NO/c24-18-10-6-15(7-11-18)20-14-21(27)22(16-4-2-1-3-5-16)23(26-20)17-8-12-19(25)13-9-17/h1-13,20-23,26-27H,14H2/p+1/t20-,21+,22-,23+/m1/s1. The van der Waals surface area contributed by atoms with E-state index in [4.69, 9.17) is 0 Å². The van der Waals surface area contributed by atoms with Crippen molar-refractivity contribution in [2.45, 2.75) is 30.5 Å². The van der Waals surface area contributed by atoms with Gasteiger partial charge in [0.2, 0.25) is 0 Å². The number of aliphatic hydroxyl groups is 1. The van der Waals surface area contributed by atoms with Gasteiger partial charge in [0.25, 0.3) is 0 Å². The predicted molar refractivity (Wildman–Crippen MR) is 115 cm³/mol. The first-order valence-electron chi connectivity index (χ1n) is 9.21. The molecule has 1 fully saturated rings. The van der Waals surface area contributed by atoms with Gasteiger partial charge in [-0.1, -0.05) is 86.5 Å². The third-order valence-electron chi connectivity index (χ3n) is 5.47. The highest BCUT2D eigenvalue weighted by Crippen LogP contribution is 2.38. The zero-order valence-corrected chi connectivity index (χ0v) is 18.0. The van der Waals surface area contributed by atoms with Gasteiger partial charge in [-0.15, -0.1) is 0 Å². The second kappa shape index (κ2) is 8.27. The largest absolute Gasteiger partial charge is 0.392 e. The van der Waals surface area contributed by atoms with Crippen LogP contribution in [0, 0.1) is 0 Å². The third kappa shape index (κ3) is 4.19. The molecular weight excluding hydrogens is 466 g/mol. The van der Waals surface area contributed by atoms with Crippen molar-refractivity contribution < 1.29 is 10.4 Å². The molecule has 3 aromatic rings. The molecule has 1 saturated heterocycles. The highest BCUT2D eigenvalue weighted by Gasteiger charge is 2.42. The van der Waals surface area contributed by atoms with Crippen LogP contribution in [0.1, 0.15) is 41.1 Å². The van der Waals surface area contributed by atoms with Crippen molar-refractivity contribution in [1.29, 1.82) is 0 Å². The zero-order chi connectivity index (χ0) is 18.8. The molecule has 138 valence electrons. The molecule has 1 aliphatic heterocycles. The summed E-state index contributed by atoms with van der Waals surface area (Å²) in [7, 11) is 0. The Kier molecular flexibility index (Phi) is 5.79. The Balaban J connectivity index is 1.71. The van der Waals surface area contributed by atoms with Gasteiger partial charge in [-0.2, -0.15) is 0 Å². The lowest BCUT2D eigenvalue weighted by atomic mass is 9.76. The van der Waals surface area contributed by atoms with E-state index in [-0.39, 0.29) is 24.1 Å². The predicted octanol–water partition coefficient (Wildman–Crippen LogP) is 5.11. The molecule has 0 aliphatic carbocycles. The molecule has 0 spiro atoms. The number of aliphatic hydroxyl groups excluding tert-OH is 1. The van der Waals surface area contributed by atoms with Gasteiger partial charge in [0.15, 0.2) is 0 Å². The third-order valence-corrected chi connectivity index (χ3v) is 6.53. The van der Waals surface area contributed by atoms with E-state index in [1.807, 2.05) is 6.07 Å². The van der Waals surface area contributed by atoms with Gasteiger partial charge >= 0.3 is 0 Å². The number of nitrogens with two attached hydrogens (primary N) is 1. The summed E-state index contributed by atoms with van der Waals surface area (Å²) in [6, 6.07) is 27.8. The SMILES string of the molecule is O[C@H]1C[C@H](c2ccc(Br)cc2)[NH2+][C@@H](c2ccc(Br)cc2)[C@@H]1c1ccccc1. The summed E-state index contributed by atoms with van der Waals surface area (Å²) in [4.78, 5) is 0. The van der Waals surface area contributed by atoms with Gasteiger partial charge in [0.1, 0.15) is 12.1 Å². The van der Waals surface area contributed by atoms with Crippen LogP contribution in [-0.4, -0.2) is 11.2 Å². The minimum atomic E-state index is -0.389. The topological polar surface area (TPSA) is 36.8 Å². The Hall–Kier alpha value is -1.46. The van der Waals surface area contributed by atoms with Crippen molar-refractivity contribution >= 4 is 31.9 Å². The van der Waals surface area contributed by atoms with Crippen LogP contribution in [0.5, 0.6) is 0 Å². The van der Waals surface area contributed by atoms with Gasteiger partial charge in [0, 0.05) is 26.5 Å². The average Bonchev–Trinajstić information content (AvgIpc) is 2.69. The fourth-order valence-electron chi connectivity index (χ4n) is 4.16. The van der Waals surface area contributed by atoms with Crippen molar-refractivity contribution in [1.82, 2.24) is 0 Å². The lowest BCUT2D eigenvalue weighted by Crippen LogP contribution is -2.90. The number of hydrogen-bond donors (Lipinski definition) is 2. The second-order valence-corrected chi connectivity index (χ2v) is 9.00. The molecule has 3 N–H and O–H groups in total. The van der Waals surface area contributed by atoms with Crippen LogP contribution >= 0.6 is 31.9 Å². The van der Waals surface area contributed by atoms with Crippen LogP contribution in [-0.2, 0) is 0 Å². The maximum atomic E-state index is 11.2. The molecule has 1 aliphatic rings. The van der Waals surface area contributed by atoms with Gasteiger partial charge in [-0.05, 0) is 29.8 Å². The monoisotopic (exact) mass is 486 g/mol. The summed E-state index contributed by atoms with van der Waals surface area (Å²) in [5.74, 6) is 0.0686.